The highest BCUT2D eigenvalue weighted by Crippen LogP contribution is 2.10. The van der Waals surface area contributed by atoms with Gasteiger partial charge in [-0.3, -0.25) is 4.79 Å². The monoisotopic (exact) mass is 253 g/mol. The zero-order valence-electron chi connectivity index (χ0n) is 10.7. The molecular weight excluding hydrogens is 234 g/mol. The number of rotatable bonds is 5. The second kappa shape index (κ2) is 6.07. The summed E-state index contributed by atoms with van der Waals surface area (Å²) in [5.74, 6) is 0.141. The van der Waals surface area contributed by atoms with Crippen molar-refractivity contribution < 1.29 is 9.00 Å². The standard InChI is InChI=1S/C13H19NO2S/c1-9(2)13(11(4)15)14-17(16)12-7-5-10(3)6-8-12/h5-9,13-14H,1-4H3/t13-,17?/m0/s1. The van der Waals surface area contributed by atoms with Crippen molar-refractivity contribution in [2.24, 2.45) is 5.92 Å². The molecule has 1 unspecified atom stereocenters. The van der Waals surface area contributed by atoms with Crippen LogP contribution in [0.2, 0.25) is 0 Å². The zero-order chi connectivity index (χ0) is 13.0. The lowest BCUT2D eigenvalue weighted by atomic mass is 10.0. The van der Waals surface area contributed by atoms with E-state index in [4.69, 9.17) is 0 Å². The molecule has 0 aromatic heterocycles. The van der Waals surface area contributed by atoms with Gasteiger partial charge >= 0.3 is 0 Å². The minimum Gasteiger partial charge on any atom is -0.298 e. The third kappa shape index (κ3) is 4.06. The van der Waals surface area contributed by atoms with Crippen molar-refractivity contribution in [2.45, 2.75) is 38.6 Å². The molecule has 1 rings (SSSR count). The molecule has 1 N–H and O–H groups in total. The molecule has 0 amide bonds. The Kier molecular flexibility index (Phi) is 5.02. The fraction of sp³-hybridized carbons (Fsp3) is 0.462. The Labute approximate surface area is 105 Å². The molecule has 0 bridgehead atoms. The van der Waals surface area contributed by atoms with Crippen LogP contribution >= 0.6 is 0 Å². The number of hydrogen-bond donors (Lipinski definition) is 1. The number of hydrogen-bond acceptors (Lipinski definition) is 2. The number of benzene rings is 1. The molecule has 2 atom stereocenters. The lowest BCUT2D eigenvalue weighted by Gasteiger charge is -2.18. The number of aryl methyl sites for hydroxylation is 1. The van der Waals surface area contributed by atoms with Crippen LogP contribution in [-0.2, 0) is 15.8 Å². The molecule has 17 heavy (non-hydrogen) atoms. The molecule has 4 heteroatoms. The van der Waals surface area contributed by atoms with Gasteiger partial charge in [-0.25, -0.2) is 8.93 Å². The Morgan fingerprint density at radius 2 is 1.76 bits per heavy atom. The van der Waals surface area contributed by atoms with Crippen LogP contribution in [-0.4, -0.2) is 16.0 Å². The maximum atomic E-state index is 12.0. The number of Topliss-reactive ketones (excluding diaryl/α,β-unsaturated/α-hetero) is 1. The van der Waals surface area contributed by atoms with E-state index >= 15 is 0 Å². The highest BCUT2D eigenvalue weighted by Gasteiger charge is 2.20. The lowest BCUT2D eigenvalue weighted by molar-refractivity contribution is -0.119. The lowest BCUT2D eigenvalue weighted by Crippen LogP contribution is -2.40. The molecule has 0 aliphatic rings. The first-order chi connectivity index (χ1) is 7.91. The van der Waals surface area contributed by atoms with E-state index in [0.717, 1.165) is 5.56 Å². The van der Waals surface area contributed by atoms with Crippen LogP contribution in [0.3, 0.4) is 0 Å². The summed E-state index contributed by atoms with van der Waals surface area (Å²) in [7, 11) is -1.33. The van der Waals surface area contributed by atoms with Crippen molar-refractivity contribution in [2.75, 3.05) is 0 Å². The van der Waals surface area contributed by atoms with E-state index in [9.17, 15) is 9.00 Å². The highest BCUT2D eigenvalue weighted by atomic mass is 32.2. The summed E-state index contributed by atoms with van der Waals surface area (Å²) in [6.45, 7) is 7.37. The molecule has 0 aliphatic carbocycles. The normalized spacial score (nSPS) is 14.6. The van der Waals surface area contributed by atoms with Crippen molar-refractivity contribution in [3.63, 3.8) is 0 Å². The summed E-state index contributed by atoms with van der Waals surface area (Å²) in [6.07, 6.45) is 0. The molecule has 94 valence electrons. The fourth-order valence-electron chi connectivity index (χ4n) is 1.53. The molecule has 3 nitrogen and oxygen atoms in total. The first kappa shape index (κ1) is 14.1. The van der Waals surface area contributed by atoms with E-state index in [0.29, 0.717) is 4.90 Å². The molecule has 0 saturated carbocycles. The third-order valence-corrected chi connectivity index (χ3v) is 3.74. The minimum absolute atomic E-state index is 0.0143. The molecule has 0 radical (unpaired) electrons. The maximum Gasteiger partial charge on any atom is 0.147 e. The number of nitrogens with one attached hydrogen (secondary N) is 1. The predicted molar refractivity (Wildman–Crippen MR) is 70.0 cm³/mol. The van der Waals surface area contributed by atoms with Gasteiger partial charge in [0.25, 0.3) is 0 Å². The first-order valence-corrected chi connectivity index (χ1v) is 6.82. The molecule has 1 aromatic carbocycles. The second-order valence-electron chi connectivity index (χ2n) is 4.53. The number of carbonyl (C=O) groups excluding carboxylic acids is 1. The van der Waals surface area contributed by atoms with Crippen LogP contribution in [0.5, 0.6) is 0 Å². The largest absolute Gasteiger partial charge is 0.298 e. The average molecular weight is 253 g/mol. The summed E-state index contributed by atoms with van der Waals surface area (Å²) < 4.78 is 14.9. The Balaban J connectivity index is 2.77. The minimum atomic E-state index is -1.33. The van der Waals surface area contributed by atoms with E-state index in [2.05, 4.69) is 4.72 Å². The summed E-state index contributed by atoms with van der Waals surface area (Å²) in [6, 6.07) is 7.09. The van der Waals surface area contributed by atoms with Gasteiger partial charge in [-0.2, -0.15) is 0 Å². The van der Waals surface area contributed by atoms with Gasteiger partial charge in [0.05, 0.1) is 10.9 Å². The van der Waals surface area contributed by atoms with Crippen LogP contribution in [0.15, 0.2) is 29.2 Å². The summed E-state index contributed by atoms with van der Waals surface area (Å²) >= 11 is 0. The van der Waals surface area contributed by atoms with E-state index in [1.807, 2.05) is 45.0 Å². The Bertz CT molecular complexity index is 412. The van der Waals surface area contributed by atoms with Crippen LogP contribution < -0.4 is 4.72 Å². The topological polar surface area (TPSA) is 46.2 Å². The molecule has 0 heterocycles. The van der Waals surface area contributed by atoms with Crippen LogP contribution in [0.25, 0.3) is 0 Å². The summed E-state index contributed by atoms with van der Waals surface area (Å²) in [4.78, 5) is 12.1. The Morgan fingerprint density at radius 1 is 1.24 bits per heavy atom. The quantitative estimate of drug-likeness (QED) is 0.874. The van der Waals surface area contributed by atoms with Gasteiger partial charge in [0, 0.05) is 0 Å². The van der Waals surface area contributed by atoms with Crippen LogP contribution in [0.4, 0.5) is 0 Å². The van der Waals surface area contributed by atoms with Crippen molar-refractivity contribution >= 4 is 16.8 Å². The second-order valence-corrected chi connectivity index (χ2v) is 5.78. The van der Waals surface area contributed by atoms with Crippen LogP contribution in [0.1, 0.15) is 26.3 Å². The average Bonchev–Trinajstić information content (AvgIpc) is 2.25. The van der Waals surface area contributed by atoms with Crippen molar-refractivity contribution in [1.82, 2.24) is 4.72 Å². The SMILES string of the molecule is CC(=O)[C@@H](NS(=O)c1ccc(C)cc1)C(C)C. The van der Waals surface area contributed by atoms with Gasteiger partial charge in [0.2, 0.25) is 0 Å². The molecule has 0 saturated heterocycles. The Hall–Kier alpha value is -1.00. The third-order valence-electron chi connectivity index (χ3n) is 2.57. The predicted octanol–water partition coefficient (Wildman–Crippen LogP) is 2.22. The van der Waals surface area contributed by atoms with Crippen molar-refractivity contribution in [3.8, 4) is 0 Å². The smallest absolute Gasteiger partial charge is 0.147 e. The summed E-state index contributed by atoms with van der Waals surface area (Å²) in [5, 5.41) is 0. The van der Waals surface area contributed by atoms with Gasteiger partial charge in [-0.05, 0) is 31.9 Å². The van der Waals surface area contributed by atoms with Gasteiger partial charge in [0.15, 0.2) is 0 Å². The fourth-order valence-corrected chi connectivity index (χ4v) is 2.72. The molecule has 0 fully saturated rings. The Morgan fingerprint density at radius 3 is 2.18 bits per heavy atom. The molecule has 0 aliphatic heterocycles. The first-order valence-electron chi connectivity index (χ1n) is 5.67. The molecule has 0 spiro atoms. The van der Waals surface area contributed by atoms with E-state index in [1.54, 1.807) is 0 Å². The van der Waals surface area contributed by atoms with Crippen molar-refractivity contribution in [3.05, 3.63) is 29.8 Å². The van der Waals surface area contributed by atoms with E-state index in [1.165, 1.54) is 6.92 Å². The summed E-state index contributed by atoms with van der Waals surface area (Å²) in [5.41, 5.74) is 1.12. The van der Waals surface area contributed by atoms with E-state index < -0.39 is 11.0 Å². The van der Waals surface area contributed by atoms with Gasteiger partial charge in [0.1, 0.15) is 16.8 Å². The van der Waals surface area contributed by atoms with E-state index in [-0.39, 0.29) is 17.7 Å². The molecule has 1 aromatic rings. The van der Waals surface area contributed by atoms with Gasteiger partial charge in [-0.1, -0.05) is 31.5 Å². The highest BCUT2D eigenvalue weighted by molar-refractivity contribution is 7.83. The zero-order valence-corrected chi connectivity index (χ0v) is 11.5. The maximum absolute atomic E-state index is 12.0. The van der Waals surface area contributed by atoms with Gasteiger partial charge < -0.3 is 0 Å². The van der Waals surface area contributed by atoms with Crippen LogP contribution in [0, 0.1) is 12.8 Å². The van der Waals surface area contributed by atoms with Crippen molar-refractivity contribution in [1.29, 1.82) is 0 Å². The molecular formula is C13H19NO2S. The van der Waals surface area contributed by atoms with Gasteiger partial charge in [-0.15, -0.1) is 0 Å². The number of ketones is 1. The number of carbonyl (C=O) groups is 1.